The Balaban J connectivity index is 2.17. The summed E-state index contributed by atoms with van der Waals surface area (Å²) in [6, 6.07) is 2.71. The molecule has 0 radical (unpaired) electrons. The summed E-state index contributed by atoms with van der Waals surface area (Å²) in [5.74, 6) is 0.984. The van der Waals surface area contributed by atoms with Crippen LogP contribution in [0, 0.1) is 6.92 Å². The molecule has 0 saturated heterocycles. The third-order valence-electron chi connectivity index (χ3n) is 3.21. The van der Waals surface area contributed by atoms with Crippen molar-refractivity contribution in [3.63, 3.8) is 0 Å². The summed E-state index contributed by atoms with van der Waals surface area (Å²) >= 11 is 0. The number of nitrogens with two attached hydrogens (primary N) is 1. The molecule has 1 aliphatic carbocycles. The van der Waals surface area contributed by atoms with Crippen LogP contribution < -0.4 is 10.6 Å². The van der Waals surface area contributed by atoms with E-state index in [4.69, 9.17) is 5.73 Å². The van der Waals surface area contributed by atoms with Crippen LogP contribution in [-0.2, 0) is 0 Å². The fourth-order valence-corrected chi connectivity index (χ4v) is 2.43. The topological polar surface area (TPSA) is 55.0 Å². The van der Waals surface area contributed by atoms with Gasteiger partial charge in [0.1, 0.15) is 0 Å². The molecule has 0 aliphatic heterocycles. The van der Waals surface area contributed by atoms with Crippen LogP contribution in [0.2, 0.25) is 0 Å². The Morgan fingerprint density at radius 1 is 1.44 bits per heavy atom. The van der Waals surface area contributed by atoms with Crippen LogP contribution in [0.4, 0.5) is 5.82 Å². The van der Waals surface area contributed by atoms with Gasteiger partial charge in [0.15, 0.2) is 5.82 Å². The quantitative estimate of drug-likeness (QED) is 0.835. The Labute approximate surface area is 96.9 Å². The molecule has 1 fully saturated rings. The molecule has 1 saturated carbocycles. The third-order valence-corrected chi connectivity index (χ3v) is 3.21. The van der Waals surface area contributed by atoms with Gasteiger partial charge in [-0.25, -0.2) is 0 Å². The van der Waals surface area contributed by atoms with Gasteiger partial charge >= 0.3 is 0 Å². The first kappa shape index (κ1) is 11.3. The summed E-state index contributed by atoms with van der Waals surface area (Å²) in [6.45, 7) is 3.60. The normalized spacial score (nSPS) is 16.6. The molecule has 4 heteroatoms. The maximum absolute atomic E-state index is 5.68. The summed E-state index contributed by atoms with van der Waals surface area (Å²) in [5, 5.41) is 8.25. The minimum Gasteiger partial charge on any atom is -0.351 e. The zero-order valence-electron chi connectivity index (χ0n) is 9.89. The highest BCUT2D eigenvalue weighted by atomic mass is 15.3. The van der Waals surface area contributed by atoms with Gasteiger partial charge in [-0.3, -0.25) is 0 Å². The average molecular weight is 220 g/mol. The smallest absolute Gasteiger partial charge is 0.151 e. The molecule has 0 unspecified atom stereocenters. The van der Waals surface area contributed by atoms with Crippen molar-refractivity contribution in [2.45, 2.75) is 38.6 Å². The predicted octanol–water partition coefficient (Wildman–Crippen LogP) is 1.49. The number of hydrogen-bond donors (Lipinski definition) is 1. The van der Waals surface area contributed by atoms with Crippen molar-refractivity contribution >= 4 is 5.82 Å². The molecule has 16 heavy (non-hydrogen) atoms. The molecule has 1 aromatic heterocycles. The summed E-state index contributed by atoms with van der Waals surface area (Å²) in [7, 11) is 0. The lowest BCUT2D eigenvalue weighted by Crippen LogP contribution is -2.38. The molecule has 1 heterocycles. The van der Waals surface area contributed by atoms with Crippen molar-refractivity contribution < 1.29 is 0 Å². The van der Waals surface area contributed by atoms with Crippen LogP contribution in [0.1, 0.15) is 31.2 Å². The van der Waals surface area contributed by atoms with E-state index in [0.717, 1.165) is 17.9 Å². The SMILES string of the molecule is Cc1cnnc(N(CCN)C2CCCC2)c1. The molecule has 0 amide bonds. The molecule has 2 N–H and O–H groups in total. The van der Waals surface area contributed by atoms with Gasteiger partial charge in [0.2, 0.25) is 0 Å². The zero-order chi connectivity index (χ0) is 11.4. The van der Waals surface area contributed by atoms with E-state index >= 15 is 0 Å². The Morgan fingerprint density at radius 3 is 2.81 bits per heavy atom. The van der Waals surface area contributed by atoms with Crippen LogP contribution in [0.3, 0.4) is 0 Å². The Kier molecular flexibility index (Phi) is 3.72. The van der Waals surface area contributed by atoms with Crippen LogP contribution in [0.25, 0.3) is 0 Å². The summed E-state index contributed by atoms with van der Waals surface area (Å²) in [5.41, 5.74) is 6.84. The van der Waals surface area contributed by atoms with Gasteiger partial charge in [-0.15, -0.1) is 5.10 Å². The van der Waals surface area contributed by atoms with Gasteiger partial charge in [-0.2, -0.15) is 5.10 Å². The summed E-state index contributed by atoms with van der Waals surface area (Å²) in [4.78, 5) is 2.33. The maximum Gasteiger partial charge on any atom is 0.151 e. The van der Waals surface area contributed by atoms with Gasteiger partial charge in [0.05, 0.1) is 6.20 Å². The largest absolute Gasteiger partial charge is 0.351 e. The van der Waals surface area contributed by atoms with E-state index in [9.17, 15) is 0 Å². The highest BCUT2D eigenvalue weighted by Crippen LogP contribution is 2.26. The number of hydrogen-bond acceptors (Lipinski definition) is 4. The van der Waals surface area contributed by atoms with Crippen molar-refractivity contribution in [2.24, 2.45) is 5.73 Å². The van der Waals surface area contributed by atoms with Crippen molar-refractivity contribution in [1.82, 2.24) is 10.2 Å². The average Bonchev–Trinajstić information content (AvgIpc) is 2.79. The first-order chi connectivity index (χ1) is 7.81. The van der Waals surface area contributed by atoms with Gasteiger partial charge in [-0.05, 0) is 31.4 Å². The second-order valence-electron chi connectivity index (χ2n) is 4.51. The fraction of sp³-hybridized carbons (Fsp3) is 0.667. The lowest BCUT2D eigenvalue weighted by molar-refractivity contribution is 0.598. The van der Waals surface area contributed by atoms with Crippen molar-refractivity contribution in [2.75, 3.05) is 18.0 Å². The van der Waals surface area contributed by atoms with Gasteiger partial charge in [0, 0.05) is 19.1 Å². The van der Waals surface area contributed by atoms with Gasteiger partial charge < -0.3 is 10.6 Å². The van der Waals surface area contributed by atoms with Crippen molar-refractivity contribution in [3.8, 4) is 0 Å². The van der Waals surface area contributed by atoms with Crippen LogP contribution in [0.15, 0.2) is 12.3 Å². The Hall–Kier alpha value is -1.16. The number of aromatic nitrogens is 2. The third kappa shape index (κ3) is 2.50. The number of aryl methyl sites for hydroxylation is 1. The molecule has 1 aromatic rings. The molecule has 0 bridgehead atoms. The molecule has 0 spiro atoms. The molecular formula is C12H20N4. The van der Waals surface area contributed by atoms with E-state index in [2.05, 4.69) is 21.2 Å². The fourth-order valence-electron chi connectivity index (χ4n) is 2.43. The number of nitrogens with zero attached hydrogens (tertiary/aromatic N) is 3. The Morgan fingerprint density at radius 2 is 2.19 bits per heavy atom. The van der Waals surface area contributed by atoms with Crippen LogP contribution in [0.5, 0.6) is 0 Å². The lowest BCUT2D eigenvalue weighted by Gasteiger charge is -2.29. The standard InChI is InChI=1S/C12H20N4/c1-10-8-12(15-14-9-10)16(7-6-13)11-4-2-3-5-11/h8-9,11H,2-7,13H2,1H3. The number of rotatable bonds is 4. The highest BCUT2D eigenvalue weighted by molar-refractivity contribution is 5.40. The highest BCUT2D eigenvalue weighted by Gasteiger charge is 2.23. The zero-order valence-corrected chi connectivity index (χ0v) is 9.89. The monoisotopic (exact) mass is 220 g/mol. The minimum atomic E-state index is 0.611. The predicted molar refractivity (Wildman–Crippen MR) is 65.4 cm³/mol. The second kappa shape index (κ2) is 5.25. The lowest BCUT2D eigenvalue weighted by atomic mass is 10.2. The van der Waals surface area contributed by atoms with Gasteiger partial charge in [-0.1, -0.05) is 12.8 Å². The maximum atomic E-state index is 5.68. The summed E-state index contributed by atoms with van der Waals surface area (Å²) in [6.07, 6.45) is 6.96. The molecule has 0 aromatic carbocycles. The minimum absolute atomic E-state index is 0.611. The molecule has 4 nitrogen and oxygen atoms in total. The van der Waals surface area contributed by atoms with Crippen LogP contribution in [-0.4, -0.2) is 29.3 Å². The van der Waals surface area contributed by atoms with E-state index in [1.807, 2.05) is 6.92 Å². The van der Waals surface area contributed by atoms with E-state index in [-0.39, 0.29) is 0 Å². The van der Waals surface area contributed by atoms with E-state index < -0.39 is 0 Å². The molecule has 88 valence electrons. The summed E-state index contributed by atoms with van der Waals surface area (Å²) < 4.78 is 0. The van der Waals surface area contributed by atoms with Crippen molar-refractivity contribution in [1.29, 1.82) is 0 Å². The number of anilines is 1. The van der Waals surface area contributed by atoms with E-state index in [1.165, 1.54) is 25.7 Å². The molecule has 0 atom stereocenters. The molecular weight excluding hydrogens is 200 g/mol. The van der Waals surface area contributed by atoms with Crippen LogP contribution >= 0.6 is 0 Å². The van der Waals surface area contributed by atoms with Crippen molar-refractivity contribution in [3.05, 3.63) is 17.8 Å². The molecule has 2 rings (SSSR count). The Bertz CT molecular complexity index is 334. The first-order valence-corrected chi connectivity index (χ1v) is 6.07. The van der Waals surface area contributed by atoms with Gasteiger partial charge in [0.25, 0.3) is 0 Å². The van der Waals surface area contributed by atoms with E-state index in [1.54, 1.807) is 6.20 Å². The van der Waals surface area contributed by atoms with E-state index in [0.29, 0.717) is 12.6 Å². The molecule has 1 aliphatic rings. The first-order valence-electron chi connectivity index (χ1n) is 6.07. The second-order valence-corrected chi connectivity index (χ2v) is 4.51.